The summed E-state index contributed by atoms with van der Waals surface area (Å²) in [6.07, 6.45) is 4.62. The van der Waals surface area contributed by atoms with Gasteiger partial charge in [-0.1, -0.05) is 0 Å². The highest BCUT2D eigenvalue weighted by Crippen LogP contribution is 2.20. The van der Waals surface area contributed by atoms with Crippen molar-refractivity contribution in [3.05, 3.63) is 0 Å². The molecule has 0 unspecified atom stereocenters. The van der Waals surface area contributed by atoms with Crippen molar-refractivity contribution in [3.8, 4) is 0 Å². The Bertz CT molecular complexity index is 167. The molecule has 14 heavy (non-hydrogen) atoms. The fraction of sp³-hybridized carbons (Fsp3) is 0.900. The summed E-state index contributed by atoms with van der Waals surface area (Å²) in [5, 5.41) is 2.96. The van der Waals surface area contributed by atoms with E-state index >= 15 is 0 Å². The molecule has 0 aliphatic heterocycles. The Kier molecular flexibility index (Phi) is 5.56. The number of carbonyl (C=O) groups is 1. The lowest BCUT2D eigenvalue weighted by atomic mass is 10.3. The van der Waals surface area contributed by atoms with Crippen molar-refractivity contribution in [1.29, 1.82) is 0 Å². The van der Waals surface area contributed by atoms with Crippen molar-refractivity contribution >= 4 is 5.97 Å². The van der Waals surface area contributed by atoms with Crippen LogP contribution in [0.5, 0.6) is 0 Å². The molecule has 82 valence electrons. The van der Waals surface area contributed by atoms with Gasteiger partial charge in [-0.15, -0.1) is 0 Å². The van der Waals surface area contributed by atoms with Crippen LogP contribution >= 0.6 is 0 Å². The lowest BCUT2D eigenvalue weighted by Gasteiger charge is -2.11. The Labute approximate surface area is 85.0 Å². The van der Waals surface area contributed by atoms with Crippen LogP contribution in [0.15, 0.2) is 0 Å². The number of hydrogen-bond acceptors (Lipinski definition) is 4. The molecular formula is C10H19NO3. The van der Waals surface area contributed by atoms with Gasteiger partial charge >= 0.3 is 5.97 Å². The first kappa shape index (κ1) is 11.5. The van der Waals surface area contributed by atoms with Gasteiger partial charge in [-0.2, -0.15) is 0 Å². The molecule has 1 N–H and O–H groups in total. The number of methoxy groups -OCH3 is 1. The molecule has 4 nitrogen and oxygen atoms in total. The first-order chi connectivity index (χ1) is 6.83. The molecule has 0 heterocycles. The van der Waals surface area contributed by atoms with E-state index in [1.54, 1.807) is 7.11 Å². The largest absolute Gasteiger partial charge is 0.461 e. The van der Waals surface area contributed by atoms with Crippen molar-refractivity contribution in [1.82, 2.24) is 5.32 Å². The second kappa shape index (κ2) is 6.79. The SMILES string of the molecule is COCCNCC(=O)OC1CCCC1. The predicted octanol–water partition coefficient (Wildman–Crippen LogP) is 0.708. The number of rotatable bonds is 6. The first-order valence-corrected chi connectivity index (χ1v) is 5.22. The van der Waals surface area contributed by atoms with Gasteiger partial charge in [0.25, 0.3) is 0 Å². The monoisotopic (exact) mass is 201 g/mol. The van der Waals surface area contributed by atoms with Gasteiger partial charge in [-0.05, 0) is 25.7 Å². The molecule has 0 aromatic heterocycles. The zero-order chi connectivity index (χ0) is 10.2. The minimum atomic E-state index is -0.145. The molecule has 1 fully saturated rings. The zero-order valence-electron chi connectivity index (χ0n) is 8.75. The van der Waals surface area contributed by atoms with Crippen LogP contribution in [0.1, 0.15) is 25.7 Å². The van der Waals surface area contributed by atoms with Crippen molar-refractivity contribution < 1.29 is 14.3 Å². The quantitative estimate of drug-likeness (QED) is 0.508. The molecule has 0 bridgehead atoms. The zero-order valence-corrected chi connectivity index (χ0v) is 8.75. The third-order valence-corrected chi connectivity index (χ3v) is 2.35. The van der Waals surface area contributed by atoms with Crippen LogP contribution in [0.25, 0.3) is 0 Å². The molecule has 1 rings (SSSR count). The van der Waals surface area contributed by atoms with Gasteiger partial charge in [0.15, 0.2) is 0 Å². The van der Waals surface area contributed by atoms with Gasteiger partial charge in [0.1, 0.15) is 6.10 Å². The minimum Gasteiger partial charge on any atom is -0.461 e. The number of esters is 1. The molecule has 0 spiro atoms. The van der Waals surface area contributed by atoms with Crippen LogP contribution in [0.4, 0.5) is 0 Å². The highest BCUT2D eigenvalue weighted by Gasteiger charge is 2.18. The molecule has 1 aliphatic carbocycles. The maximum Gasteiger partial charge on any atom is 0.320 e. The number of carbonyl (C=O) groups excluding carboxylic acids is 1. The van der Waals surface area contributed by atoms with Crippen molar-refractivity contribution in [2.75, 3.05) is 26.8 Å². The number of ether oxygens (including phenoxy) is 2. The highest BCUT2D eigenvalue weighted by atomic mass is 16.5. The maximum absolute atomic E-state index is 11.2. The summed E-state index contributed by atoms with van der Waals surface area (Å²) in [6.45, 7) is 1.60. The minimum absolute atomic E-state index is 0.145. The highest BCUT2D eigenvalue weighted by molar-refractivity contribution is 5.71. The van der Waals surface area contributed by atoms with E-state index in [0.29, 0.717) is 19.7 Å². The van der Waals surface area contributed by atoms with Crippen LogP contribution in [-0.2, 0) is 14.3 Å². The number of nitrogens with one attached hydrogen (secondary N) is 1. The van der Waals surface area contributed by atoms with E-state index < -0.39 is 0 Å². The van der Waals surface area contributed by atoms with Crippen molar-refractivity contribution in [2.45, 2.75) is 31.8 Å². The van der Waals surface area contributed by atoms with E-state index in [1.807, 2.05) is 0 Å². The Morgan fingerprint density at radius 3 is 2.79 bits per heavy atom. The van der Waals surface area contributed by atoms with E-state index in [0.717, 1.165) is 12.8 Å². The Balaban J connectivity index is 1.98. The molecular weight excluding hydrogens is 182 g/mol. The molecule has 0 atom stereocenters. The molecule has 0 aromatic carbocycles. The van der Waals surface area contributed by atoms with Crippen LogP contribution in [0, 0.1) is 0 Å². The van der Waals surface area contributed by atoms with Crippen molar-refractivity contribution in [3.63, 3.8) is 0 Å². The topological polar surface area (TPSA) is 47.6 Å². The van der Waals surface area contributed by atoms with Gasteiger partial charge in [-0.25, -0.2) is 0 Å². The summed E-state index contributed by atoms with van der Waals surface area (Å²) in [5.41, 5.74) is 0. The molecule has 0 radical (unpaired) electrons. The molecule has 1 saturated carbocycles. The summed E-state index contributed by atoms with van der Waals surface area (Å²) in [4.78, 5) is 11.2. The van der Waals surface area contributed by atoms with E-state index in [-0.39, 0.29) is 12.1 Å². The summed E-state index contributed by atoms with van der Waals surface area (Å²) in [7, 11) is 1.64. The number of hydrogen-bond donors (Lipinski definition) is 1. The Morgan fingerprint density at radius 2 is 2.14 bits per heavy atom. The van der Waals surface area contributed by atoms with E-state index in [2.05, 4.69) is 5.32 Å². The second-order valence-corrected chi connectivity index (χ2v) is 3.57. The summed E-state index contributed by atoms with van der Waals surface area (Å²) < 4.78 is 10.1. The summed E-state index contributed by atoms with van der Waals surface area (Å²) in [6, 6.07) is 0. The summed E-state index contributed by atoms with van der Waals surface area (Å²) in [5.74, 6) is -0.145. The van der Waals surface area contributed by atoms with E-state index in [9.17, 15) is 4.79 Å². The average molecular weight is 201 g/mol. The van der Waals surface area contributed by atoms with E-state index in [1.165, 1.54) is 12.8 Å². The summed E-state index contributed by atoms with van der Waals surface area (Å²) >= 11 is 0. The normalized spacial score (nSPS) is 17.2. The molecule has 0 saturated heterocycles. The van der Waals surface area contributed by atoms with E-state index in [4.69, 9.17) is 9.47 Å². The van der Waals surface area contributed by atoms with Crippen LogP contribution in [0.3, 0.4) is 0 Å². The fourth-order valence-corrected chi connectivity index (χ4v) is 1.60. The maximum atomic E-state index is 11.2. The molecule has 0 amide bonds. The van der Waals surface area contributed by atoms with Crippen molar-refractivity contribution in [2.24, 2.45) is 0 Å². The molecule has 0 aromatic rings. The van der Waals surface area contributed by atoms with Gasteiger partial charge < -0.3 is 14.8 Å². The first-order valence-electron chi connectivity index (χ1n) is 5.22. The van der Waals surface area contributed by atoms with Crippen LogP contribution in [-0.4, -0.2) is 38.9 Å². The second-order valence-electron chi connectivity index (χ2n) is 3.57. The van der Waals surface area contributed by atoms with Crippen LogP contribution in [0.2, 0.25) is 0 Å². The third kappa shape index (κ3) is 4.58. The van der Waals surface area contributed by atoms with Gasteiger partial charge in [-0.3, -0.25) is 4.79 Å². The Hall–Kier alpha value is -0.610. The van der Waals surface area contributed by atoms with Gasteiger partial charge in [0, 0.05) is 13.7 Å². The Morgan fingerprint density at radius 1 is 1.43 bits per heavy atom. The van der Waals surface area contributed by atoms with Gasteiger partial charge in [0.2, 0.25) is 0 Å². The third-order valence-electron chi connectivity index (χ3n) is 2.35. The molecule has 4 heteroatoms. The average Bonchev–Trinajstić information content (AvgIpc) is 2.65. The molecule has 1 aliphatic rings. The lowest BCUT2D eigenvalue weighted by molar-refractivity contribution is -0.147. The van der Waals surface area contributed by atoms with Gasteiger partial charge in [0.05, 0.1) is 13.2 Å². The lowest BCUT2D eigenvalue weighted by Crippen LogP contribution is -2.29. The smallest absolute Gasteiger partial charge is 0.320 e. The standard InChI is InChI=1S/C10H19NO3/c1-13-7-6-11-8-10(12)14-9-4-2-3-5-9/h9,11H,2-8H2,1H3. The van der Waals surface area contributed by atoms with Crippen LogP contribution < -0.4 is 5.32 Å². The fourth-order valence-electron chi connectivity index (χ4n) is 1.60. The predicted molar refractivity (Wildman–Crippen MR) is 53.1 cm³/mol.